The Labute approximate surface area is 453 Å². The third-order valence-electron chi connectivity index (χ3n) is 15.9. The molecule has 0 spiro atoms. The maximum atomic E-state index is 2.41. The van der Waals surface area contributed by atoms with Gasteiger partial charge >= 0.3 is 0 Å². The SMILES string of the molecule is c1ccc(-c2c3ccccc3c(-c3ccc(N(c4ccc(-c5cccc6cccc(-c7ccccc7)c56)cc4)c4ccc5ccc(-c6cccc(-n7c8ccccc8c8ccccc87)c6)cc5c4)cc3)c3ccccc23)cc1. The Kier molecular flexibility index (Phi) is 10.9. The van der Waals surface area contributed by atoms with Crippen LogP contribution in [0, 0.1) is 0 Å². The molecule has 1 heterocycles. The van der Waals surface area contributed by atoms with E-state index in [0.717, 1.165) is 22.7 Å². The van der Waals surface area contributed by atoms with Crippen molar-refractivity contribution in [3.8, 4) is 61.3 Å². The summed E-state index contributed by atoms with van der Waals surface area (Å²) in [4.78, 5) is 2.41. The summed E-state index contributed by atoms with van der Waals surface area (Å²) in [6, 6.07) is 111. The van der Waals surface area contributed by atoms with Crippen molar-refractivity contribution in [1.82, 2.24) is 4.57 Å². The largest absolute Gasteiger partial charge is 0.310 e. The topological polar surface area (TPSA) is 8.17 Å². The molecule has 2 heteroatoms. The average Bonchev–Trinajstić information content (AvgIpc) is 4.02. The van der Waals surface area contributed by atoms with Crippen LogP contribution in [0.15, 0.2) is 303 Å². The van der Waals surface area contributed by atoms with Crippen LogP contribution in [0.4, 0.5) is 17.1 Å². The number of para-hydroxylation sites is 2. The van der Waals surface area contributed by atoms with Crippen LogP contribution < -0.4 is 4.90 Å². The molecule has 78 heavy (non-hydrogen) atoms. The van der Waals surface area contributed by atoms with E-state index < -0.39 is 0 Å². The lowest BCUT2D eigenvalue weighted by Crippen LogP contribution is -2.10. The van der Waals surface area contributed by atoms with E-state index in [9.17, 15) is 0 Å². The van der Waals surface area contributed by atoms with E-state index in [1.165, 1.54) is 121 Å². The van der Waals surface area contributed by atoms with Crippen LogP contribution in [0.25, 0.3) is 126 Å². The van der Waals surface area contributed by atoms with Gasteiger partial charge in [0.15, 0.2) is 0 Å². The summed E-state index contributed by atoms with van der Waals surface area (Å²) in [5.41, 5.74) is 18.9. The molecule has 0 saturated carbocycles. The molecule has 0 aliphatic heterocycles. The van der Waals surface area contributed by atoms with Gasteiger partial charge in [0, 0.05) is 33.5 Å². The van der Waals surface area contributed by atoms with E-state index >= 15 is 0 Å². The van der Waals surface area contributed by atoms with Gasteiger partial charge in [-0.15, -0.1) is 0 Å². The number of benzene rings is 14. The first-order chi connectivity index (χ1) is 38.7. The lowest BCUT2D eigenvalue weighted by atomic mass is 9.86. The quantitative estimate of drug-likeness (QED) is 0.131. The highest BCUT2D eigenvalue weighted by Crippen LogP contribution is 2.46. The Balaban J connectivity index is 0.864. The number of hydrogen-bond donors (Lipinski definition) is 0. The van der Waals surface area contributed by atoms with Crippen LogP contribution in [0.3, 0.4) is 0 Å². The maximum Gasteiger partial charge on any atom is 0.0541 e. The zero-order valence-corrected chi connectivity index (χ0v) is 42.8. The average molecular weight is 991 g/mol. The first-order valence-corrected chi connectivity index (χ1v) is 26.9. The van der Waals surface area contributed by atoms with E-state index in [4.69, 9.17) is 0 Å². The standard InChI is InChI=1S/C76H50N2/c1-3-18-52(19-4-1)64-32-16-22-55-23-17-33-65(74(55)64)53-39-43-60(44-40-53)77(61-45-41-56(42-46-61)76-70-30-9-7-28-68(70)75(54-20-5-2-6-21-54)69-29-8-10-31-71(69)76)63-47-38-51-36-37-58(48-59(51)50-63)57-24-15-25-62(49-57)78-72-34-13-11-26-66(72)67-27-12-14-35-73(67)78/h1-50H. The predicted octanol–water partition coefficient (Wildman–Crippen LogP) is 21.2. The maximum absolute atomic E-state index is 2.41. The van der Waals surface area contributed by atoms with Gasteiger partial charge in [0.1, 0.15) is 0 Å². The molecule has 0 saturated heterocycles. The fourth-order valence-corrected chi connectivity index (χ4v) is 12.4. The molecule has 0 fully saturated rings. The molecule has 15 rings (SSSR count). The normalized spacial score (nSPS) is 11.6. The number of fused-ring (bicyclic) bond motifs is 7. The minimum Gasteiger partial charge on any atom is -0.310 e. The summed E-state index contributed by atoms with van der Waals surface area (Å²) in [7, 11) is 0. The molecular weight excluding hydrogens is 941 g/mol. The predicted molar refractivity (Wildman–Crippen MR) is 333 cm³/mol. The van der Waals surface area contributed by atoms with Crippen LogP contribution >= 0.6 is 0 Å². The second-order valence-electron chi connectivity index (χ2n) is 20.4. The van der Waals surface area contributed by atoms with E-state index in [1.54, 1.807) is 0 Å². The number of nitrogens with zero attached hydrogens (tertiary/aromatic N) is 2. The van der Waals surface area contributed by atoms with Gasteiger partial charge in [0.05, 0.1) is 11.0 Å². The minimum atomic E-state index is 1.08. The van der Waals surface area contributed by atoms with Gasteiger partial charge in [-0.05, 0) is 165 Å². The number of aromatic nitrogens is 1. The van der Waals surface area contributed by atoms with Gasteiger partial charge < -0.3 is 9.47 Å². The molecule has 0 amide bonds. The lowest BCUT2D eigenvalue weighted by molar-refractivity contribution is 1.18. The lowest BCUT2D eigenvalue weighted by Gasteiger charge is -2.27. The minimum absolute atomic E-state index is 1.08. The Bertz CT molecular complexity index is 4650. The first kappa shape index (κ1) is 45.1. The van der Waals surface area contributed by atoms with Crippen LogP contribution in [0.1, 0.15) is 0 Å². The van der Waals surface area contributed by atoms with Crippen molar-refractivity contribution < 1.29 is 0 Å². The van der Waals surface area contributed by atoms with Gasteiger partial charge in [-0.2, -0.15) is 0 Å². The Morgan fingerprint density at radius 1 is 0.231 bits per heavy atom. The molecule has 364 valence electrons. The molecule has 0 aliphatic rings. The van der Waals surface area contributed by atoms with E-state index in [1.807, 2.05) is 0 Å². The van der Waals surface area contributed by atoms with E-state index in [0.29, 0.717) is 0 Å². The van der Waals surface area contributed by atoms with Crippen molar-refractivity contribution in [2.75, 3.05) is 4.90 Å². The van der Waals surface area contributed by atoms with Gasteiger partial charge in [-0.3, -0.25) is 0 Å². The van der Waals surface area contributed by atoms with Crippen molar-refractivity contribution in [3.05, 3.63) is 303 Å². The van der Waals surface area contributed by atoms with E-state index in [2.05, 4.69) is 313 Å². The van der Waals surface area contributed by atoms with Crippen LogP contribution in [-0.4, -0.2) is 4.57 Å². The van der Waals surface area contributed by atoms with Crippen LogP contribution in [-0.2, 0) is 0 Å². The van der Waals surface area contributed by atoms with Gasteiger partial charge in [0.25, 0.3) is 0 Å². The fraction of sp³-hybridized carbons (Fsp3) is 0. The monoisotopic (exact) mass is 990 g/mol. The first-order valence-electron chi connectivity index (χ1n) is 26.9. The molecule has 15 aromatic rings. The summed E-state index contributed by atoms with van der Waals surface area (Å²) in [6.45, 7) is 0. The smallest absolute Gasteiger partial charge is 0.0541 e. The van der Waals surface area contributed by atoms with Crippen molar-refractivity contribution >= 4 is 82.0 Å². The second-order valence-corrected chi connectivity index (χ2v) is 20.4. The molecule has 0 atom stereocenters. The van der Waals surface area contributed by atoms with Gasteiger partial charge in [-0.1, -0.05) is 237 Å². The van der Waals surface area contributed by atoms with Crippen LogP contribution in [0.2, 0.25) is 0 Å². The van der Waals surface area contributed by atoms with Gasteiger partial charge in [-0.25, -0.2) is 0 Å². The molecule has 2 nitrogen and oxygen atoms in total. The highest BCUT2D eigenvalue weighted by Gasteiger charge is 2.20. The van der Waals surface area contributed by atoms with Gasteiger partial charge in [0.2, 0.25) is 0 Å². The number of hydrogen-bond acceptors (Lipinski definition) is 1. The summed E-state index contributed by atoms with van der Waals surface area (Å²) < 4.78 is 2.40. The second kappa shape index (κ2) is 18.8. The molecule has 0 bridgehead atoms. The molecule has 0 aliphatic carbocycles. The summed E-state index contributed by atoms with van der Waals surface area (Å²) >= 11 is 0. The number of anilines is 3. The Hall–Kier alpha value is -10.3. The molecule has 1 aromatic heterocycles. The zero-order chi connectivity index (χ0) is 51.5. The Morgan fingerprint density at radius 3 is 1.22 bits per heavy atom. The molecule has 14 aromatic carbocycles. The molecule has 0 radical (unpaired) electrons. The highest BCUT2D eigenvalue weighted by molar-refractivity contribution is 6.21. The summed E-state index contributed by atoms with van der Waals surface area (Å²) in [5.74, 6) is 0. The molecule has 0 unspecified atom stereocenters. The van der Waals surface area contributed by atoms with Crippen molar-refractivity contribution in [2.45, 2.75) is 0 Å². The molecule has 0 N–H and O–H groups in total. The van der Waals surface area contributed by atoms with Crippen molar-refractivity contribution in [1.29, 1.82) is 0 Å². The van der Waals surface area contributed by atoms with Crippen LogP contribution in [0.5, 0.6) is 0 Å². The third kappa shape index (κ3) is 7.65. The Morgan fingerprint density at radius 2 is 0.641 bits per heavy atom. The van der Waals surface area contributed by atoms with Crippen molar-refractivity contribution in [2.24, 2.45) is 0 Å². The highest BCUT2D eigenvalue weighted by atomic mass is 15.1. The van der Waals surface area contributed by atoms with E-state index in [-0.39, 0.29) is 0 Å². The third-order valence-corrected chi connectivity index (χ3v) is 15.9. The van der Waals surface area contributed by atoms with Crippen molar-refractivity contribution in [3.63, 3.8) is 0 Å². The zero-order valence-electron chi connectivity index (χ0n) is 42.8. The number of rotatable bonds is 9. The molecular formula is C76H50N2. The fourth-order valence-electron chi connectivity index (χ4n) is 12.4. The summed E-state index contributed by atoms with van der Waals surface area (Å²) in [5, 5.41) is 12.3. The summed E-state index contributed by atoms with van der Waals surface area (Å²) in [6.07, 6.45) is 0.